The van der Waals surface area contributed by atoms with Crippen molar-refractivity contribution in [2.45, 2.75) is 52.9 Å². The summed E-state index contributed by atoms with van der Waals surface area (Å²) in [6, 6.07) is 2.21. The van der Waals surface area contributed by atoms with E-state index in [1.165, 1.54) is 0 Å². The van der Waals surface area contributed by atoms with Crippen LogP contribution in [0.4, 0.5) is 0 Å². The van der Waals surface area contributed by atoms with Crippen molar-refractivity contribution in [3.63, 3.8) is 0 Å². The fourth-order valence-corrected chi connectivity index (χ4v) is 1.79. The number of carbonyl (C=O) groups is 1. The largest absolute Gasteiger partial charge is 0.463 e. The Hall–Kier alpha value is -1.56. The zero-order valence-corrected chi connectivity index (χ0v) is 11.7. The van der Waals surface area contributed by atoms with Gasteiger partial charge in [-0.25, -0.2) is 4.79 Å². The number of rotatable bonds is 8. The van der Waals surface area contributed by atoms with Gasteiger partial charge in [-0.15, -0.1) is 0 Å². The summed E-state index contributed by atoms with van der Waals surface area (Å²) < 4.78 is 4.88. The third-order valence-corrected chi connectivity index (χ3v) is 2.62. The predicted octanol–water partition coefficient (Wildman–Crippen LogP) is 3.92. The van der Waals surface area contributed by atoms with E-state index in [0.29, 0.717) is 24.2 Å². The Bertz CT molecular complexity index is 353. The van der Waals surface area contributed by atoms with Crippen molar-refractivity contribution in [2.24, 2.45) is 0 Å². The highest BCUT2D eigenvalue weighted by Crippen LogP contribution is 2.22. The molecule has 0 aliphatic rings. The van der Waals surface area contributed by atoms with Crippen LogP contribution in [-0.2, 0) is 9.53 Å². The van der Waals surface area contributed by atoms with Crippen molar-refractivity contribution in [1.29, 1.82) is 5.26 Å². The molecular weight excluding hydrogens is 226 g/mol. The Morgan fingerprint density at radius 2 is 1.78 bits per heavy atom. The summed E-state index contributed by atoms with van der Waals surface area (Å²) in [5.41, 5.74) is 2.18. The second kappa shape index (κ2) is 9.47. The summed E-state index contributed by atoms with van der Waals surface area (Å²) in [6.45, 7) is 9.97. The zero-order valence-electron chi connectivity index (χ0n) is 11.7. The minimum atomic E-state index is -0.405. The number of nitrogens with zero attached hydrogens (tertiary/aromatic N) is 1. The van der Waals surface area contributed by atoms with E-state index >= 15 is 0 Å². The third-order valence-electron chi connectivity index (χ3n) is 2.62. The molecule has 0 bridgehead atoms. The molecule has 0 aromatic heterocycles. The predicted molar refractivity (Wildman–Crippen MR) is 72.8 cm³/mol. The van der Waals surface area contributed by atoms with Gasteiger partial charge >= 0.3 is 5.97 Å². The number of ether oxygens (including phenoxy) is 1. The molecule has 3 heteroatoms. The van der Waals surface area contributed by atoms with E-state index in [1.54, 1.807) is 6.92 Å². The lowest BCUT2D eigenvalue weighted by molar-refractivity contribution is -0.138. The van der Waals surface area contributed by atoms with Crippen LogP contribution < -0.4 is 0 Å². The summed E-state index contributed by atoms with van der Waals surface area (Å²) in [5.74, 6) is -0.405. The molecule has 0 aromatic carbocycles. The normalized spacial score (nSPS) is 9.44. The minimum absolute atomic E-state index is 0.310. The van der Waals surface area contributed by atoms with Gasteiger partial charge in [-0.1, -0.05) is 38.8 Å². The van der Waals surface area contributed by atoms with Crippen LogP contribution in [0.3, 0.4) is 0 Å². The Morgan fingerprint density at radius 3 is 2.17 bits per heavy atom. The molecule has 0 aliphatic carbocycles. The fourth-order valence-electron chi connectivity index (χ4n) is 1.79. The first-order chi connectivity index (χ1) is 8.60. The molecule has 0 amide bonds. The highest BCUT2D eigenvalue weighted by atomic mass is 16.5. The lowest BCUT2D eigenvalue weighted by Crippen LogP contribution is -2.08. The van der Waals surface area contributed by atoms with Gasteiger partial charge in [-0.05, 0) is 19.8 Å². The molecule has 0 fully saturated rings. The molecule has 18 heavy (non-hydrogen) atoms. The average Bonchev–Trinajstić information content (AvgIpc) is 2.35. The first kappa shape index (κ1) is 16.4. The standard InChI is InChI=1S/C15H23NO2/c1-5-8-13(9-6-2)14(11-16)10-12(4)15(17)18-7-3/h4-10H2,1-3H3. The lowest BCUT2D eigenvalue weighted by atomic mass is 9.95. The minimum Gasteiger partial charge on any atom is -0.463 e. The van der Waals surface area contributed by atoms with Crippen molar-refractivity contribution in [3.05, 3.63) is 23.3 Å². The van der Waals surface area contributed by atoms with Crippen LogP contribution in [0.5, 0.6) is 0 Å². The second-order valence-corrected chi connectivity index (χ2v) is 4.19. The van der Waals surface area contributed by atoms with E-state index in [1.807, 2.05) is 0 Å². The van der Waals surface area contributed by atoms with Crippen molar-refractivity contribution < 1.29 is 9.53 Å². The highest BCUT2D eigenvalue weighted by Gasteiger charge is 2.13. The summed E-state index contributed by atoms with van der Waals surface area (Å²) in [4.78, 5) is 11.5. The molecule has 0 saturated carbocycles. The zero-order chi connectivity index (χ0) is 14.0. The molecule has 0 radical (unpaired) electrons. The molecule has 0 aromatic rings. The van der Waals surface area contributed by atoms with Gasteiger partial charge in [-0.3, -0.25) is 0 Å². The first-order valence-corrected chi connectivity index (χ1v) is 6.56. The second-order valence-electron chi connectivity index (χ2n) is 4.19. The number of esters is 1. The fraction of sp³-hybridized carbons (Fsp3) is 0.600. The van der Waals surface area contributed by atoms with Gasteiger partial charge in [0.2, 0.25) is 0 Å². The third kappa shape index (κ3) is 5.67. The average molecular weight is 249 g/mol. The first-order valence-electron chi connectivity index (χ1n) is 6.56. The molecule has 100 valence electrons. The van der Waals surface area contributed by atoms with Gasteiger partial charge in [0.25, 0.3) is 0 Å². The SMILES string of the molecule is C=C(CC(C#N)=C(CCC)CCC)C(=O)OCC. The van der Waals surface area contributed by atoms with E-state index in [0.717, 1.165) is 31.3 Å². The van der Waals surface area contributed by atoms with E-state index < -0.39 is 5.97 Å². The molecule has 0 unspecified atom stereocenters. The molecule has 0 rings (SSSR count). The number of allylic oxidation sites excluding steroid dienone is 2. The van der Waals surface area contributed by atoms with Gasteiger partial charge in [-0.2, -0.15) is 5.26 Å². The van der Waals surface area contributed by atoms with Crippen molar-refractivity contribution in [1.82, 2.24) is 0 Å². The monoisotopic (exact) mass is 249 g/mol. The summed E-state index contributed by atoms with van der Waals surface area (Å²) in [7, 11) is 0. The smallest absolute Gasteiger partial charge is 0.333 e. The van der Waals surface area contributed by atoms with E-state index in [9.17, 15) is 10.1 Å². The number of carbonyl (C=O) groups excluding carboxylic acids is 1. The Balaban J connectivity index is 4.85. The maximum atomic E-state index is 11.5. The van der Waals surface area contributed by atoms with E-state index in [4.69, 9.17) is 4.74 Å². The maximum absolute atomic E-state index is 11.5. The van der Waals surface area contributed by atoms with Crippen molar-refractivity contribution in [2.75, 3.05) is 6.61 Å². The topological polar surface area (TPSA) is 50.1 Å². The molecule has 3 nitrogen and oxygen atoms in total. The van der Waals surface area contributed by atoms with Crippen molar-refractivity contribution in [3.8, 4) is 6.07 Å². The molecule has 0 atom stereocenters. The maximum Gasteiger partial charge on any atom is 0.333 e. The van der Waals surface area contributed by atoms with Gasteiger partial charge in [0.1, 0.15) is 0 Å². The van der Waals surface area contributed by atoms with Crippen LogP contribution in [-0.4, -0.2) is 12.6 Å². The van der Waals surface area contributed by atoms with Gasteiger partial charge in [0, 0.05) is 17.6 Å². The van der Waals surface area contributed by atoms with E-state index in [-0.39, 0.29) is 0 Å². The molecule has 0 aliphatic heterocycles. The Kier molecular flexibility index (Phi) is 8.65. The van der Waals surface area contributed by atoms with Crippen LogP contribution in [0.2, 0.25) is 0 Å². The number of hydrogen-bond donors (Lipinski definition) is 0. The quantitative estimate of drug-likeness (QED) is 0.372. The van der Waals surface area contributed by atoms with Gasteiger partial charge in [0.15, 0.2) is 0 Å². The molecule has 0 spiro atoms. The lowest BCUT2D eigenvalue weighted by Gasteiger charge is -2.10. The van der Waals surface area contributed by atoms with Crippen LogP contribution in [0.1, 0.15) is 52.9 Å². The van der Waals surface area contributed by atoms with E-state index in [2.05, 4.69) is 26.5 Å². The summed E-state index contributed by atoms with van der Waals surface area (Å²) >= 11 is 0. The van der Waals surface area contributed by atoms with Crippen LogP contribution in [0, 0.1) is 11.3 Å². The molecular formula is C15H23NO2. The van der Waals surface area contributed by atoms with Crippen molar-refractivity contribution >= 4 is 5.97 Å². The number of nitriles is 1. The summed E-state index contributed by atoms with van der Waals surface area (Å²) in [6.07, 6.45) is 4.14. The molecule has 0 heterocycles. The van der Waals surface area contributed by atoms with Crippen LogP contribution in [0.15, 0.2) is 23.3 Å². The molecule has 0 saturated heterocycles. The molecule has 0 N–H and O–H groups in total. The number of hydrogen-bond acceptors (Lipinski definition) is 3. The van der Waals surface area contributed by atoms with Gasteiger partial charge < -0.3 is 4.74 Å². The van der Waals surface area contributed by atoms with Crippen LogP contribution in [0.25, 0.3) is 0 Å². The van der Waals surface area contributed by atoms with Gasteiger partial charge in [0.05, 0.1) is 12.7 Å². The highest BCUT2D eigenvalue weighted by molar-refractivity contribution is 5.88. The van der Waals surface area contributed by atoms with Crippen LogP contribution >= 0.6 is 0 Å². The Labute approximate surface area is 110 Å². The Morgan fingerprint density at radius 1 is 1.22 bits per heavy atom. The summed E-state index contributed by atoms with van der Waals surface area (Å²) in [5, 5.41) is 9.21.